The number of carbonyl (C=O) groups excluding carboxylic acids is 3. The van der Waals surface area contributed by atoms with Gasteiger partial charge in [0.2, 0.25) is 0 Å². The van der Waals surface area contributed by atoms with Crippen LogP contribution in [0.2, 0.25) is 0 Å². The smallest absolute Gasteiger partial charge is 0.436 e. The maximum absolute atomic E-state index is 13.2. The second kappa shape index (κ2) is 10.0. The molecular weight excluding hydrogens is 478 g/mol. The molecule has 0 aliphatic heterocycles. The molecule has 0 bridgehead atoms. The highest BCUT2D eigenvalue weighted by Crippen LogP contribution is 2.32. The molecule has 0 aliphatic carbocycles. The molecule has 0 aliphatic rings. The fourth-order valence-electron chi connectivity index (χ4n) is 3.30. The van der Waals surface area contributed by atoms with E-state index >= 15 is 0 Å². The Labute approximate surface area is 202 Å². The molecule has 0 saturated heterocycles. The van der Waals surface area contributed by atoms with E-state index in [-0.39, 0.29) is 28.7 Å². The topological polar surface area (TPSA) is 102 Å². The predicted molar refractivity (Wildman–Crippen MR) is 127 cm³/mol. The molecule has 2 amide bonds. The minimum atomic E-state index is -0.770. The summed E-state index contributed by atoms with van der Waals surface area (Å²) in [5.41, 5.74) is 0.900. The zero-order chi connectivity index (χ0) is 25.1. The number of hydrogen-bond donors (Lipinski definition) is 2. The predicted octanol–water partition coefficient (Wildman–Crippen LogP) is 5.12. The lowest BCUT2D eigenvalue weighted by molar-refractivity contribution is 0.0943. The number of anilines is 1. The number of hydrogen-bond acceptors (Lipinski definition) is 6. The number of nitrogens with one attached hydrogen (secondary N) is 2. The van der Waals surface area contributed by atoms with Crippen molar-refractivity contribution < 1.29 is 27.9 Å². The highest BCUT2D eigenvalue weighted by molar-refractivity contribution is 7.20. The van der Waals surface area contributed by atoms with Crippen molar-refractivity contribution >= 4 is 45.3 Å². The van der Waals surface area contributed by atoms with Gasteiger partial charge in [0.15, 0.2) is 5.82 Å². The first kappa shape index (κ1) is 24.0. The number of amides is 2. The Hall–Kier alpha value is -4.12. The molecular formula is C24H20F2N4O4S. The average Bonchev–Trinajstić information content (AvgIpc) is 3.40. The van der Waals surface area contributed by atoms with Crippen LogP contribution in [0.1, 0.15) is 45.5 Å². The number of thiophene rings is 1. The lowest BCUT2D eigenvalue weighted by atomic mass is 10.1. The fourth-order valence-corrected chi connectivity index (χ4v) is 4.31. The number of aromatic nitrogens is 2. The number of halogens is 2. The van der Waals surface area contributed by atoms with Crippen LogP contribution in [0.3, 0.4) is 0 Å². The third-order valence-electron chi connectivity index (χ3n) is 5.08. The summed E-state index contributed by atoms with van der Waals surface area (Å²) in [4.78, 5) is 38.6. The quantitative estimate of drug-likeness (QED) is 0.384. The van der Waals surface area contributed by atoms with E-state index < -0.39 is 29.8 Å². The van der Waals surface area contributed by atoms with Crippen LogP contribution in [0.15, 0.2) is 54.6 Å². The minimum Gasteiger partial charge on any atom is -0.448 e. The number of rotatable bonds is 6. The van der Waals surface area contributed by atoms with E-state index in [9.17, 15) is 23.2 Å². The molecule has 0 fully saturated rings. The highest BCUT2D eigenvalue weighted by Gasteiger charge is 2.24. The van der Waals surface area contributed by atoms with E-state index in [1.807, 2.05) is 0 Å². The Kier molecular flexibility index (Phi) is 6.87. The molecule has 2 aromatic heterocycles. The lowest BCUT2D eigenvalue weighted by Crippen LogP contribution is -2.25. The van der Waals surface area contributed by atoms with Gasteiger partial charge in [0, 0.05) is 5.56 Å². The maximum atomic E-state index is 13.2. The summed E-state index contributed by atoms with van der Waals surface area (Å²) in [5.74, 6) is -1.81. The summed E-state index contributed by atoms with van der Waals surface area (Å²) >= 11 is 0.998. The van der Waals surface area contributed by atoms with Gasteiger partial charge in [0.25, 0.3) is 11.8 Å². The first-order valence-corrected chi connectivity index (χ1v) is 11.4. The molecule has 8 nitrogen and oxygen atoms in total. The maximum Gasteiger partial charge on any atom is 0.436 e. The van der Waals surface area contributed by atoms with Gasteiger partial charge in [0.1, 0.15) is 16.5 Å². The summed E-state index contributed by atoms with van der Waals surface area (Å²) in [5, 5.41) is 9.94. The van der Waals surface area contributed by atoms with Crippen LogP contribution in [0.25, 0.3) is 10.2 Å². The molecule has 0 saturated carbocycles. The number of ether oxygens (including phenoxy) is 1. The Morgan fingerprint density at radius 3 is 2.29 bits per heavy atom. The molecule has 35 heavy (non-hydrogen) atoms. The summed E-state index contributed by atoms with van der Waals surface area (Å²) in [6.07, 6.45) is -0.770. The van der Waals surface area contributed by atoms with E-state index in [2.05, 4.69) is 15.7 Å². The normalized spacial score (nSPS) is 11.8. The zero-order valence-electron chi connectivity index (χ0n) is 18.7. The molecule has 0 radical (unpaired) electrons. The van der Waals surface area contributed by atoms with E-state index in [1.54, 1.807) is 26.0 Å². The summed E-state index contributed by atoms with van der Waals surface area (Å²) < 4.78 is 32.4. The molecule has 180 valence electrons. The van der Waals surface area contributed by atoms with E-state index in [4.69, 9.17) is 4.74 Å². The number of benzene rings is 2. The number of carbonyl (C=O) groups is 3. The van der Waals surface area contributed by atoms with Crippen LogP contribution in [0, 0.1) is 11.6 Å². The van der Waals surface area contributed by atoms with Gasteiger partial charge >= 0.3 is 6.09 Å². The first-order valence-electron chi connectivity index (χ1n) is 10.6. The number of nitrogens with zero attached hydrogens (tertiary/aromatic N) is 2. The van der Waals surface area contributed by atoms with Crippen LogP contribution < -0.4 is 10.6 Å². The third kappa shape index (κ3) is 5.19. The van der Waals surface area contributed by atoms with Crippen molar-refractivity contribution in [2.24, 2.45) is 0 Å². The Balaban J connectivity index is 1.63. The summed E-state index contributed by atoms with van der Waals surface area (Å²) in [6, 6.07) is 11.8. The molecule has 1 atom stereocenters. The second-order valence-electron chi connectivity index (χ2n) is 7.50. The molecule has 11 heteroatoms. The van der Waals surface area contributed by atoms with Gasteiger partial charge in [0.05, 0.1) is 22.9 Å². The van der Waals surface area contributed by atoms with Gasteiger partial charge in [-0.05, 0) is 61.9 Å². The van der Waals surface area contributed by atoms with Crippen molar-refractivity contribution in [3.63, 3.8) is 0 Å². The Morgan fingerprint density at radius 1 is 1.03 bits per heavy atom. The fraction of sp³-hybridized carbons (Fsp3) is 0.167. The SMILES string of the molecule is CCOC(=O)n1nc(NC(=O)c2ccc(F)cc2)c2cc(C(=O)N[C@H](C)c3ccc(F)cc3)sc21. The van der Waals surface area contributed by atoms with Gasteiger partial charge in [-0.2, -0.15) is 4.68 Å². The van der Waals surface area contributed by atoms with Crippen molar-refractivity contribution in [2.75, 3.05) is 11.9 Å². The molecule has 0 spiro atoms. The first-order chi connectivity index (χ1) is 16.8. The highest BCUT2D eigenvalue weighted by atomic mass is 32.1. The molecule has 4 rings (SSSR count). The average molecular weight is 499 g/mol. The van der Waals surface area contributed by atoms with Gasteiger partial charge in [-0.25, -0.2) is 13.6 Å². The molecule has 2 aromatic carbocycles. The van der Waals surface area contributed by atoms with Crippen molar-refractivity contribution in [1.82, 2.24) is 15.1 Å². The van der Waals surface area contributed by atoms with Crippen LogP contribution in [0.4, 0.5) is 19.4 Å². The van der Waals surface area contributed by atoms with E-state index in [0.29, 0.717) is 15.8 Å². The van der Waals surface area contributed by atoms with Crippen LogP contribution in [-0.4, -0.2) is 34.3 Å². The van der Waals surface area contributed by atoms with Crippen LogP contribution >= 0.6 is 11.3 Å². The van der Waals surface area contributed by atoms with E-state index in [1.165, 1.54) is 30.3 Å². The van der Waals surface area contributed by atoms with Crippen molar-refractivity contribution in [1.29, 1.82) is 0 Å². The van der Waals surface area contributed by atoms with E-state index in [0.717, 1.165) is 28.2 Å². The van der Waals surface area contributed by atoms with Gasteiger partial charge < -0.3 is 15.4 Å². The van der Waals surface area contributed by atoms with Gasteiger partial charge in [-0.1, -0.05) is 12.1 Å². The summed E-state index contributed by atoms with van der Waals surface area (Å²) in [6.45, 7) is 3.50. The molecule has 0 unspecified atom stereocenters. The Bertz CT molecular complexity index is 1400. The van der Waals surface area contributed by atoms with Crippen molar-refractivity contribution in [3.8, 4) is 0 Å². The van der Waals surface area contributed by atoms with Crippen LogP contribution in [0.5, 0.6) is 0 Å². The minimum absolute atomic E-state index is 0.0456. The zero-order valence-corrected chi connectivity index (χ0v) is 19.5. The van der Waals surface area contributed by atoms with Crippen molar-refractivity contribution in [2.45, 2.75) is 19.9 Å². The third-order valence-corrected chi connectivity index (χ3v) is 6.19. The van der Waals surface area contributed by atoms with Gasteiger partial charge in [-0.15, -0.1) is 16.4 Å². The standard InChI is InChI=1S/C24H20F2N4O4S/c1-3-34-24(33)30-23-18(20(29-30)28-21(31)15-6-10-17(26)11-7-15)12-19(35-23)22(32)27-13(2)14-4-8-16(25)9-5-14/h4-13H,3H2,1-2H3,(H,27,32)(H,28,29,31)/t13-/m1/s1. The molecule has 4 aromatic rings. The Morgan fingerprint density at radius 2 is 1.66 bits per heavy atom. The monoisotopic (exact) mass is 498 g/mol. The summed E-state index contributed by atoms with van der Waals surface area (Å²) in [7, 11) is 0. The molecule has 2 N–H and O–H groups in total. The van der Waals surface area contributed by atoms with Gasteiger partial charge in [-0.3, -0.25) is 9.59 Å². The molecule has 2 heterocycles. The largest absolute Gasteiger partial charge is 0.448 e. The second-order valence-corrected chi connectivity index (χ2v) is 8.53. The van der Waals surface area contributed by atoms with Crippen LogP contribution in [-0.2, 0) is 4.74 Å². The van der Waals surface area contributed by atoms with Crippen molar-refractivity contribution in [3.05, 3.63) is 82.2 Å². The lowest BCUT2D eigenvalue weighted by Gasteiger charge is -2.13. The number of fused-ring (bicyclic) bond motifs is 1.